The van der Waals surface area contributed by atoms with Crippen molar-refractivity contribution in [3.63, 3.8) is 0 Å². The Balaban J connectivity index is 0.00000171. The van der Waals surface area contributed by atoms with Gasteiger partial charge in [0.15, 0.2) is 24.8 Å². The molecule has 0 N–H and O–H groups in total. The molecule has 0 saturated heterocycles. The van der Waals surface area contributed by atoms with Crippen LogP contribution >= 0.6 is 31.9 Å². The summed E-state index contributed by atoms with van der Waals surface area (Å²) in [6, 6.07) is 43.7. The largest absolute Gasteiger partial charge is 1.00 e. The Morgan fingerprint density at radius 3 is 1.52 bits per heavy atom. The SMILES string of the molecule is Brc1ccc(-c2cc[n+](-c3ccc4ccc5c(-c6cc[n+](-c7ccc(Br)cc7)cc6)ccc6ccc3c4c65)cc2)cc1.[Br-].[Br-]. The zero-order valence-corrected chi connectivity index (χ0v) is 29.6. The van der Waals surface area contributed by atoms with Crippen LogP contribution in [0.3, 0.4) is 0 Å². The third kappa shape index (κ3) is 5.39. The van der Waals surface area contributed by atoms with E-state index in [1.807, 2.05) is 0 Å². The van der Waals surface area contributed by atoms with Crippen molar-refractivity contribution in [3.05, 3.63) is 155 Å². The first-order valence-corrected chi connectivity index (χ1v) is 15.5. The molecule has 2 nitrogen and oxygen atoms in total. The molecule has 0 amide bonds. The first-order chi connectivity index (χ1) is 20.6. The Bertz CT molecular complexity index is 2070. The van der Waals surface area contributed by atoms with Crippen LogP contribution in [0.2, 0.25) is 0 Å². The second-order valence-corrected chi connectivity index (χ2v) is 12.4. The Kier molecular flexibility index (Phi) is 8.71. The second-order valence-electron chi connectivity index (χ2n) is 10.6. The number of aromatic nitrogens is 2. The molecule has 0 spiro atoms. The lowest BCUT2D eigenvalue weighted by Crippen LogP contribution is -3.00. The summed E-state index contributed by atoms with van der Waals surface area (Å²) in [6.07, 6.45) is 8.62. The lowest BCUT2D eigenvalue weighted by Gasteiger charge is -2.14. The molecule has 0 atom stereocenters. The molecule has 2 aromatic heterocycles. The Morgan fingerprint density at radius 2 is 0.864 bits per heavy atom. The van der Waals surface area contributed by atoms with Crippen LogP contribution in [0, 0.1) is 0 Å². The standard InChI is InChI=1S/C38H24Br2N2.2BrH/c39-30-7-1-25(2-8-30)26-17-23-42(24-18-26)36-16-6-29-4-14-34-33(13-3-28-5-15-35(36)38(29)37(28)34)27-19-21-41(22-20-27)32-11-9-31(40)10-12-32;;/h1-24H;2*1H/q+2;;/p-2. The van der Waals surface area contributed by atoms with Crippen molar-refractivity contribution in [3.8, 4) is 33.6 Å². The maximum Gasteiger partial charge on any atom is 0.218 e. The summed E-state index contributed by atoms with van der Waals surface area (Å²) >= 11 is 7.07. The van der Waals surface area contributed by atoms with Gasteiger partial charge in [-0.15, -0.1) is 0 Å². The van der Waals surface area contributed by atoms with E-state index in [-0.39, 0.29) is 34.0 Å². The van der Waals surface area contributed by atoms with Gasteiger partial charge >= 0.3 is 0 Å². The van der Waals surface area contributed by atoms with E-state index in [9.17, 15) is 0 Å². The lowest BCUT2D eigenvalue weighted by molar-refractivity contribution is -0.595. The summed E-state index contributed by atoms with van der Waals surface area (Å²) in [4.78, 5) is 0. The zero-order chi connectivity index (χ0) is 28.2. The highest BCUT2D eigenvalue weighted by Gasteiger charge is 2.18. The third-order valence-electron chi connectivity index (χ3n) is 8.19. The molecule has 0 saturated carbocycles. The first kappa shape index (κ1) is 30.6. The average molecular weight is 828 g/mol. The van der Waals surface area contributed by atoms with Crippen LogP contribution in [0.25, 0.3) is 65.9 Å². The van der Waals surface area contributed by atoms with Crippen molar-refractivity contribution in [1.29, 1.82) is 0 Å². The molecule has 0 aliphatic carbocycles. The molecule has 0 aliphatic heterocycles. The fraction of sp³-hybridized carbons (Fsp3) is 0. The number of benzene rings is 6. The smallest absolute Gasteiger partial charge is 0.218 e. The van der Waals surface area contributed by atoms with Crippen LogP contribution in [0.1, 0.15) is 0 Å². The topological polar surface area (TPSA) is 7.76 Å². The number of hydrogen-bond acceptors (Lipinski definition) is 0. The monoisotopic (exact) mass is 824 g/mol. The van der Waals surface area contributed by atoms with Crippen LogP contribution < -0.4 is 43.1 Å². The molecule has 8 rings (SSSR count). The van der Waals surface area contributed by atoms with E-state index >= 15 is 0 Å². The molecular weight excluding hydrogens is 804 g/mol. The minimum absolute atomic E-state index is 0. The van der Waals surface area contributed by atoms with Gasteiger partial charge in [-0.1, -0.05) is 74.3 Å². The van der Waals surface area contributed by atoms with E-state index in [2.05, 4.69) is 187 Å². The fourth-order valence-corrected chi connectivity index (χ4v) is 6.60. The van der Waals surface area contributed by atoms with Gasteiger partial charge in [0.25, 0.3) is 0 Å². The first-order valence-electron chi connectivity index (χ1n) is 13.9. The number of hydrogen-bond donors (Lipinski definition) is 0. The highest BCUT2D eigenvalue weighted by atomic mass is 79.9. The van der Waals surface area contributed by atoms with E-state index < -0.39 is 0 Å². The quantitative estimate of drug-likeness (QED) is 0.188. The van der Waals surface area contributed by atoms with Crippen molar-refractivity contribution in [2.24, 2.45) is 0 Å². The van der Waals surface area contributed by atoms with Crippen molar-refractivity contribution in [2.45, 2.75) is 0 Å². The van der Waals surface area contributed by atoms with E-state index in [0.29, 0.717) is 0 Å². The molecule has 0 radical (unpaired) electrons. The number of rotatable bonds is 4. The minimum Gasteiger partial charge on any atom is -1.00 e. The predicted octanol–water partition coefficient (Wildman–Crippen LogP) is 4.00. The number of halogens is 4. The molecule has 2 heterocycles. The molecule has 0 bridgehead atoms. The molecule has 214 valence electrons. The molecule has 0 fully saturated rings. The summed E-state index contributed by atoms with van der Waals surface area (Å²) in [7, 11) is 0. The highest BCUT2D eigenvalue weighted by molar-refractivity contribution is 9.10. The fourth-order valence-electron chi connectivity index (χ4n) is 6.08. The summed E-state index contributed by atoms with van der Waals surface area (Å²) in [5.41, 5.74) is 7.17. The van der Waals surface area contributed by atoms with Gasteiger partial charge in [0.1, 0.15) is 0 Å². The van der Waals surface area contributed by atoms with Gasteiger partial charge < -0.3 is 34.0 Å². The van der Waals surface area contributed by atoms with Crippen LogP contribution in [-0.2, 0) is 0 Å². The van der Waals surface area contributed by atoms with Crippen molar-refractivity contribution < 1.29 is 43.1 Å². The van der Waals surface area contributed by atoms with Crippen molar-refractivity contribution >= 4 is 64.2 Å². The molecule has 8 aromatic rings. The third-order valence-corrected chi connectivity index (χ3v) is 9.25. The Labute approximate surface area is 293 Å². The number of pyridine rings is 2. The van der Waals surface area contributed by atoms with E-state index in [0.717, 1.165) is 14.6 Å². The molecule has 44 heavy (non-hydrogen) atoms. The minimum atomic E-state index is 0. The second kappa shape index (κ2) is 12.5. The van der Waals surface area contributed by atoms with Crippen LogP contribution in [0.4, 0.5) is 0 Å². The van der Waals surface area contributed by atoms with Crippen LogP contribution in [-0.4, -0.2) is 0 Å². The van der Waals surface area contributed by atoms with Crippen molar-refractivity contribution in [2.75, 3.05) is 0 Å². The predicted molar refractivity (Wildman–Crippen MR) is 179 cm³/mol. The van der Waals surface area contributed by atoms with Gasteiger partial charge in [-0.25, -0.2) is 0 Å². The summed E-state index contributed by atoms with van der Waals surface area (Å²) < 4.78 is 6.55. The summed E-state index contributed by atoms with van der Waals surface area (Å²) in [6.45, 7) is 0. The Hall–Kier alpha value is -3.42. The Morgan fingerprint density at radius 1 is 0.386 bits per heavy atom. The summed E-state index contributed by atoms with van der Waals surface area (Å²) in [5.74, 6) is 0. The van der Waals surface area contributed by atoms with Crippen molar-refractivity contribution in [1.82, 2.24) is 0 Å². The van der Waals surface area contributed by atoms with E-state index in [1.54, 1.807) is 0 Å². The van der Waals surface area contributed by atoms with Gasteiger partial charge in [0.2, 0.25) is 11.4 Å². The molecule has 0 aliphatic rings. The highest BCUT2D eigenvalue weighted by Crippen LogP contribution is 2.40. The normalized spacial score (nSPS) is 11.0. The molecule has 0 unspecified atom stereocenters. The van der Waals surface area contributed by atoms with Gasteiger partial charge in [0.05, 0.1) is 5.39 Å². The lowest BCUT2D eigenvalue weighted by atomic mass is 9.89. The summed E-state index contributed by atoms with van der Waals surface area (Å²) in [5, 5.41) is 7.69. The van der Waals surface area contributed by atoms with Gasteiger partial charge in [-0.05, 0) is 80.2 Å². The van der Waals surface area contributed by atoms with Gasteiger partial charge in [0, 0.05) is 56.8 Å². The molecule has 6 heteroatoms. The van der Waals surface area contributed by atoms with Gasteiger partial charge in [-0.3, -0.25) is 0 Å². The van der Waals surface area contributed by atoms with E-state index in [4.69, 9.17) is 0 Å². The van der Waals surface area contributed by atoms with Crippen LogP contribution in [0.15, 0.2) is 155 Å². The average Bonchev–Trinajstić information content (AvgIpc) is 3.04. The van der Waals surface area contributed by atoms with Crippen LogP contribution in [0.5, 0.6) is 0 Å². The zero-order valence-electron chi connectivity index (χ0n) is 23.3. The van der Waals surface area contributed by atoms with E-state index in [1.165, 1.54) is 60.3 Å². The molecule has 6 aromatic carbocycles. The maximum atomic E-state index is 3.54. The van der Waals surface area contributed by atoms with Gasteiger partial charge in [-0.2, -0.15) is 9.13 Å². The number of nitrogens with zero attached hydrogens (tertiary/aromatic N) is 2. The maximum absolute atomic E-state index is 3.54. The molecular formula is C38H24Br4N2.